The zero-order valence-electron chi connectivity index (χ0n) is 10.4. The Morgan fingerprint density at radius 3 is 2.80 bits per heavy atom. The molecule has 0 fully saturated rings. The molecular formula is C12H12F2N4O2. The lowest BCUT2D eigenvalue weighted by Crippen LogP contribution is -2.10. The molecule has 0 amide bonds. The number of aromatic nitrogens is 3. The highest BCUT2D eigenvalue weighted by molar-refractivity contribution is 5.88. The Labute approximate surface area is 113 Å². The van der Waals surface area contributed by atoms with E-state index in [4.69, 9.17) is 5.11 Å². The minimum atomic E-state index is -1.50. The summed E-state index contributed by atoms with van der Waals surface area (Å²) in [6, 6.07) is 2.23. The quantitative estimate of drug-likeness (QED) is 0.789. The number of anilines is 1. The number of carbonyl (C=O) groups is 1. The van der Waals surface area contributed by atoms with Gasteiger partial charge in [0.15, 0.2) is 11.6 Å². The molecule has 106 valence electrons. The number of hydrogen-bond donors (Lipinski definition) is 2. The van der Waals surface area contributed by atoms with E-state index in [1.165, 1.54) is 6.07 Å². The third-order valence-electron chi connectivity index (χ3n) is 2.66. The molecule has 20 heavy (non-hydrogen) atoms. The fourth-order valence-corrected chi connectivity index (χ4v) is 1.67. The normalized spacial score (nSPS) is 10.5. The molecule has 0 saturated carbocycles. The van der Waals surface area contributed by atoms with Crippen molar-refractivity contribution >= 4 is 11.7 Å². The summed E-state index contributed by atoms with van der Waals surface area (Å²) in [7, 11) is 0. The predicted molar refractivity (Wildman–Crippen MR) is 66.4 cm³/mol. The number of carboxylic acid groups (broad SMARTS) is 1. The van der Waals surface area contributed by atoms with Crippen molar-refractivity contribution in [3.8, 4) is 0 Å². The molecule has 2 rings (SSSR count). The molecule has 0 saturated heterocycles. The van der Waals surface area contributed by atoms with Crippen LogP contribution in [0.15, 0.2) is 24.5 Å². The maximum atomic E-state index is 13.6. The molecule has 0 radical (unpaired) electrons. The lowest BCUT2D eigenvalue weighted by Gasteiger charge is -2.09. The van der Waals surface area contributed by atoms with E-state index < -0.39 is 23.2 Å². The molecule has 1 aromatic carbocycles. The first-order valence-corrected chi connectivity index (χ1v) is 5.89. The largest absolute Gasteiger partial charge is 0.478 e. The molecule has 0 aliphatic carbocycles. The van der Waals surface area contributed by atoms with Gasteiger partial charge in [0.25, 0.3) is 0 Å². The van der Waals surface area contributed by atoms with Crippen molar-refractivity contribution in [3.05, 3.63) is 41.7 Å². The Bertz CT molecular complexity index is 602. The first kappa shape index (κ1) is 13.9. The monoisotopic (exact) mass is 282 g/mol. The fraction of sp³-hybridized carbons (Fsp3) is 0.250. The summed E-state index contributed by atoms with van der Waals surface area (Å²) in [5, 5.41) is 18.8. The Kier molecular flexibility index (Phi) is 4.24. The van der Waals surface area contributed by atoms with Gasteiger partial charge in [-0.25, -0.2) is 13.6 Å². The molecule has 0 atom stereocenters. The van der Waals surface area contributed by atoms with Crippen LogP contribution in [0.5, 0.6) is 0 Å². The number of hydrogen-bond acceptors (Lipinski definition) is 4. The molecule has 6 nitrogen and oxygen atoms in total. The van der Waals surface area contributed by atoms with Gasteiger partial charge in [0.05, 0.1) is 17.4 Å². The van der Waals surface area contributed by atoms with Crippen LogP contribution in [0.1, 0.15) is 16.8 Å². The highest BCUT2D eigenvalue weighted by Gasteiger charge is 2.17. The number of nitrogens with zero attached hydrogens (tertiary/aromatic N) is 3. The van der Waals surface area contributed by atoms with Crippen molar-refractivity contribution in [2.24, 2.45) is 0 Å². The number of aromatic carboxylic acids is 1. The van der Waals surface area contributed by atoms with E-state index in [0.717, 1.165) is 6.07 Å². The van der Waals surface area contributed by atoms with Gasteiger partial charge in [-0.15, -0.1) is 5.10 Å². The average Bonchev–Trinajstić information content (AvgIpc) is 2.92. The molecule has 0 aliphatic heterocycles. The molecule has 2 aromatic rings. The molecule has 0 bridgehead atoms. The van der Waals surface area contributed by atoms with Gasteiger partial charge in [0.2, 0.25) is 0 Å². The summed E-state index contributed by atoms with van der Waals surface area (Å²) in [6.45, 7) is 0.979. The third kappa shape index (κ3) is 3.08. The summed E-state index contributed by atoms with van der Waals surface area (Å²) in [5.74, 6) is -4.05. The van der Waals surface area contributed by atoms with Crippen LogP contribution < -0.4 is 5.32 Å². The number of benzene rings is 1. The Morgan fingerprint density at radius 2 is 2.15 bits per heavy atom. The maximum absolute atomic E-state index is 13.6. The molecule has 2 N–H and O–H groups in total. The second kappa shape index (κ2) is 6.09. The van der Waals surface area contributed by atoms with E-state index in [1.54, 1.807) is 17.1 Å². The fourth-order valence-electron chi connectivity index (χ4n) is 1.67. The van der Waals surface area contributed by atoms with Crippen LogP contribution in [0.2, 0.25) is 0 Å². The maximum Gasteiger partial charge on any atom is 0.338 e. The van der Waals surface area contributed by atoms with E-state index in [1.807, 2.05) is 0 Å². The van der Waals surface area contributed by atoms with Crippen LogP contribution in [0.25, 0.3) is 0 Å². The number of aryl methyl sites for hydroxylation is 1. The van der Waals surface area contributed by atoms with Gasteiger partial charge in [0, 0.05) is 19.3 Å². The van der Waals surface area contributed by atoms with Crippen molar-refractivity contribution < 1.29 is 18.7 Å². The van der Waals surface area contributed by atoms with Gasteiger partial charge in [-0.2, -0.15) is 0 Å². The highest BCUT2D eigenvalue weighted by atomic mass is 19.2. The second-order valence-electron chi connectivity index (χ2n) is 4.04. The van der Waals surface area contributed by atoms with Crippen LogP contribution in [0.3, 0.4) is 0 Å². The van der Waals surface area contributed by atoms with Gasteiger partial charge in [-0.05, 0) is 18.6 Å². The number of nitrogens with one attached hydrogen (secondary N) is 1. The van der Waals surface area contributed by atoms with Crippen molar-refractivity contribution in [1.82, 2.24) is 15.0 Å². The van der Waals surface area contributed by atoms with Crippen LogP contribution in [0, 0.1) is 11.6 Å². The Balaban J connectivity index is 1.93. The molecule has 1 heterocycles. The van der Waals surface area contributed by atoms with Gasteiger partial charge in [0.1, 0.15) is 0 Å². The summed E-state index contributed by atoms with van der Waals surface area (Å²) in [6.07, 6.45) is 3.88. The average molecular weight is 282 g/mol. The molecule has 1 aromatic heterocycles. The third-order valence-corrected chi connectivity index (χ3v) is 2.66. The van der Waals surface area contributed by atoms with E-state index in [9.17, 15) is 13.6 Å². The van der Waals surface area contributed by atoms with Crippen molar-refractivity contribution in [1.29, 1.82) is 0 Å². The molecule has 0 unspecified atom stereocenters. The van der Waals surface area contributed by atoms with E-state index in [0.29, 0.717) is 19.5 Å². The van der Waals surface area contributed by atoms with Crippen LogP contribution in [0.4, 0.5) is 14.5 Å². The minimum absolute atomic E-state index is 0.0638. The Hall–Kier alpha value is -2.51. The zero-order chi connectivity index (χ0) is 14.5. The highest BCUT2D eigenvalue weighted by Crippen LogP contribution is 2.20. The van der Waals surface area contributed by atoms with E-state index in [-0.39, 0.29) is 5.69 Å². The topological polar surface area (TPSA) is 80.0 Å². The number of halogens is 2. The lowest BCUT2D eigenvalue weighted by atomic mass is 10.2. The second-order valence-corrected chi connectivity index (χ2v) is 4.04. The van der Waals surface area contributed by atoms with Gasteiger partial charge in [-0.1, -0.05) is 5.21 Å². The summed E-state index contributed by atoms with van der Waals surface area (Å²) in [5.41, 5.74) is -0.748. The molecular weight excluding hydrogens is 270 g/mol. The smallest absolute Gasteiger partial charge is 0.338 e. The number of carboxylic acids is 1. The van der Waals surface area contributed by atoms with Gasteiger partial charge >= 0.3 is 5.97 Å². The summed E-state index contributed by atoms with van der Waals surface area (Å²) >= 11 is 0. The van der Waals surface area contributed by atoms with Crippen molar-refractivity contribution in [3.63, 3.8) is 0 Å². The van der Waals surface area contributed by atoms with Gasteiger partial charge in [-0.3, -0.25) is 4.68 Å². The first-order chi connectivity index (χ1) is 9.59. The zero-order valence-corrected chi connectivity index (χ0v) is 10.4. The number of rotatable bonds is 6. The summed E-state index contributed by atoms with van der Waals surface area (Å²) in [4.78, 5) is 10.6. The lowest BCUT2D eigenvalue weighted by molar-refractivity contribution is 0.0690. The minimum Gasteiger partial charge on any atom is -0.478 e. The molecule has 0 spiro atoms. The first-order valence-electron chi connectivity index (χ1n) is 5.89. The van der Waals surface area contributed by atoms with Crippen molar-refractivity contribution in [2.45, 2.75) is 13.0 Å². The van der Waals surface area contributed by atoms with Crippen LogP contribution in [-0.2, 0) is 6.54 Å². The standard InChI is InChI=1S/C12H12F2N4O2/c13-10-8(12(19)20)2-3-9(11(10)14)15-4-1-6-18-7-5-16-17-18/h2-3,5,7,15H,1,4,6H2,(H,19,20). The van der Waals surface area contributed by atoms with Crippen molar-refractivity contribution in [2.75, 3.05) is 11.9 Å². The van der Waals surface area contributed by atoms with Crippen LogP contribution in [-0.4, -0.2) is 32.6 Å². The van der Waals surface area contributed by atoms with Gasteiger partial charge < -0.3 is 10.4 Å². The van der Waals surface area contributed by atoms with Crippen LogP contribution >= 0.6 is 0 Å². The Morgan fingerprint density at radius 1 is 1.35 bits per heavy atom. The molecule has 0 aliphatic rings. The van der Waals surface area contributed by atoms with E-state index >= 15 is 0 Å². The SMILES string of the molecule is O=C(O)c1ccc(NCCCn2ccnn2)c(F)c1F. The summed E-state index contributed by atoms with van der Waals surface area (Å²) < 4.78 is 28.6. The van der Waals surface area contributed by atoms with E-state index in [2.05, 4.69) is 15.6 Å². The predicted octanol–water partition coefficient (Wildman–Crippen LogP) is 1.76. The molecule has 8 heteroatoms.